The third kappa shape index (κ3) is 3.64. The van der Waals surface area contributed by atoms with E-state index in [1.165, 1.54) is 7.11 Å². The number of aliphatic hydroxyl groups is 1. The highest BCUT2D eigenvalue weighted by Crippen LogP contribution is 2.35. The molecule has 0 bridgehead atoms. The standard InChI is InChI=1S/C11H22N2O3/c1-7(2)8(12-10(15)16-4)9(14)13-11(3)5-6-11/h7-9,13-14H,5-6H2,1-4H3,(H,12,15)/t8-,9?/m0/s1. The SMILES string of the molecule is COC(=O)N[C@@H](C(C)C)C(O)NC1(C)CC1. The van der Waals surface area contributed by atoms with Gasteiger partial charge in [0.05, 0.1) is 13.2 Å². The first-order chi connectivity index (χ1) is 7.38. The second-order valence-electron chi connectivity index (χ2n) is 5.06. The van der Waals surface area contributed by atoms with Crippen molar-refractivity contribution < 1.29 is 14.6 Å². The molecule has 0 aromatic heterocycles. The first-order valence-corrected chi connectivity index (χ1v) is 5.68. The molecule has 0 aromatic carbocycles. The highest BCUT2D eigenvalue weighted by atomic mass is 16.5. The normalized spacial score (nSPS) is 21.4. The number of nitrogens with one attached hydrogen (secondary N) is 2. The van der Waals surface area contributed by atoms with Crippen molar-refractivity contribution in [2.75, 3.05) is 7.11 Å². The van der Waals surface area contributed by atoms with E-state index in [0.717, 1.165) is 12.8 Å². The summed E-state index contributed by atoms with van der Waals surface area (Å²) in [5, 5.41) is 15.8. The largest absolute Gasteiger partial charge is 0.453 e. The van der Waals surface area contributed by atoms with E-state index < -0.39 is 12.3 Å². The molecule has 0 aliphatic heterocycles. The minimum Gasteiger partial charge on any atom is -0.453 e. The minimum absolute atomic E-state index is 0.0321. The topological polar surface area (TPSA) is 70.6 Å². The number of ether oxygens (including phenoxy) is 1. The maximum atomic E-state index is 11.1. The number of hydrogen-bond donors (Lipinski definition) is 3. The number of methoxy groups -OCH3 is 1. The summed E-state index contributed by atoms with van der Waals surface area (Å²) in [5.74, 6) is 0.129. The molecular weight excluding hydrogens is 208 g/mol. The molecule has 5 nitrogen and oxygen atoms in total. The molecule has 94 valence electrons. The number of aliphatic hydroxyl groups excluding tert-OH is 1. The molecule has 1 aliphatic rings. The van der Waals surface area contributed by atoms with Crippen LogP contribution in [-0.4, -0.2) is 36.1 Å². The van der Waals surface area contributed by atoms with Gasteiger partial charge in [0, 0.05) is 5.54 Å². The van der Waals surface area contributed by atoms with Crippen molar-refractivity contribution in [2.24, 2.45) is 5.92 Å². The number of hydrogen-bond acceptors (Lipinski definition) is 4. The fourth-order valence-electron chi connectivity index (χ4n) is 1.58. The van der Waals surface area contributed by atoms with Crippen LogP contribution in [-0.2, 0) is 4.74 Å². The van der Waals surface area contributed by atoms with Crippen LogP contribution < -0.4 is 10.6 Å². The summed E-state index contributed by atoms with van der Waals surface area (Å²) in [5.41, 5.74) is 0.0321. The van der Waals surface area contributed by atoms with Gasteiger partial charge in [-0.3, -0.25) is 5.32 Å². The lowest BCUT2D eigenvalue weighted by Gasteiger charge is -2.29. The van der Waals surface area contributed by atoms with Gasteiger partial charge in [-0.2, -0.15) is 0 Å². The van der Waals surface area contributed by atoms with Crippen LogP contribution in [0.4, 0.5) is 4.79 Å². The Morgan fingerprint density at radius 3 is 2.38 bits per heavy atom. The van der Waals surface area contributed by atoms with Crippen molar-refractivity contribution in [3.8, 4) is 0 Å². The van der Waals surface area contributed by atoms with Gasteiger partial charge in [0.1, 0.15) is 6.23 Å². The predicted octanol–water partition coefficient (Wildman–Crippen LogP) is 0.827. The van der Waals surface area contributed by atoms with Crippen molar-refractivity contribution in [2.45, 2.75) is 51.4 Å². The Hall–Kier alpha value is -0.810. The van der Waals surface area contributed by atoms with Crippen LogP contribution >= 0.6 is 0 Å². The number of alkyl carbamates (subject to hydrolysis) is 1. The monoisotopic (exact) mass is 230 g/mol. The van der Waals surface area contributed by atoms with E-state index in [4.69, 9.17) is 0 Å². The van der Waals surface area contributed by atoms with E-state index in [1.54, 1.807) is 0 Å². The third-order valence-corrected chi connectivity index (χ3v) is 3.02. The van der Waals surface area contributed by atoms with Crippen LogP contribution in [0.1, 0.15) is 33.6 Å². The van der Waals surface area contributed by atoms with Crippen molar-refractivity contribution >= 4 is 6.09 Å². The fourth-order valence-corrected chi connectivity index (χ4v) is 1.58. The maximum absolute atomic E-state index is 11.1. The van der Waals surface area contributed by atoms with E-state index in [0.29, 0.717) is 0 Å². The second-order valence-corrected chi connectivity index (χ2v) is 5.06. The Bertz CT molecular complexity index is 252. The maximum Gasteiger partial charge on any atom is 0.407 e. The summed E-state index contributed by atoms with van der Waals surface area (Å²) in [6, 6.07) is -0.343. The zero-order valence-corrected chi connectivity index (χ0v) is 10.4. The molecule has 1 aliphatic carbocycles. The number of rotatable bonds is 5. The van der Waals surface area contributed by atoms with Gasteiger partial charge in [0.2, 0.25) is 0 Å². The summed E-state index contributed by atoms with van der Waals surface area (Å²) in [6.45, 7) is 5.95. The van der Waals surface area contributed by atoms with Gasteiger partial charge in [0.15, 0.2) is 0 Å². The van der Waals surface area contributed by atoms with Crippen LogP contribution in [0.15, 0.2) is 0 Å². The van der Waals surface area contributed by atoms with E-state index in [9.17, 15) is 9.90 Å². The molecular formula is C11H22N2O3. The number of carbonyl (C=O) groups is 1. The van der Waals surface area contributed by atoms with Crippen LogP contribution in [0.25, 0.3) is 0 Å². The summed E-state index contributed by atoms with van der Waals surface area (Å²) in [7, 11) is 1.31. The highest BCUT2D eigenvalue weighted by molar-refractivity contribution is 5.67. The van der Waals surface area contributed by atoms with Gasteiger partial charge in [-0.1, -0.05) is 13.8 Å². The molecule has 16 heavy (non-hydrogen) atoms. The van der Waals surface area contributed by atoms with Crippen molar-refractivity contribution in [1.82, 2.24) is 10.6 Å². The summed E-state index contributed by atoms with van der Waals surface area (Å²) in [4.78, 5) is 11.1. The zero-order chi connectivity index (χ0) is 12.3. The van der Waals surface area contributed by atoms with Crippen LogP contribution in [0.3, 0.4) is 0 Å². The Morgan fingerprint density at radius 2 is 2.00 bits per heavy atom. The Balaban J connectivity index is 2.51. The molecule has 1 amide bonds. The second kappa shape index (κ2) is 5.01. The average molecular weight is 230 g/mol. The van der Waals surface area contributed by atoms with E-state index in [2.05, 4.69) is 22.3 Å². The van der Waals surface area contributed by atoms with Gasteiger partial charge in [-0.25, -0.2) is 4.79 Å². The summed E-state index contributed by atoms with van der Waals surface area (Å²) in [6.07, 6.45) is 0.868. The molecule has 0 spiro atoms. The lowest BCUT2D eigenvalue weighted by atomic mass is 10.0. The molecule has 5 heteroatoms. The molecule has 1 rings (SSSR count). The van der Waals surface area contributed by atoms with Gasteiger partial charge in [-0.15, -0.1) is 0 Å². The van der Waals surface area contributed by atoms with Gasteiger partial charge in [-0.05, 0) is 25.7 Å². The van der Waals surface area contributed by atoms with Gasteiger partial charge in [0.25, 0.3) is 0 Å². The quantitative estimate of drug-likeness (QED) is 0.612. The highest BCUT2D eigenvalue weighted by Gasteiger charge is 2.40. The molecule has 0 aromatic rings. The number of carbonyl (C=O) groups excluding carboxylic acids is 1. The summed E-state index contributed by atoms with van der Waals surface area (Å²) < 4.78 is 4.54. The van der Waals surface area contributed by atoms with Crippen molar-refractivity contribution in [1.29, 1.82) is 0 Å². The van der Waals surface area contributed by atoms with E-state index in [1.807, 2.05) is 13.8 Å². The van der Waals surface area contributed by atoms with E-state index >= 15 is 0 Å². The third-order valence-electron chi connectivity index (χ3n) is 3.02. The molecule has 1 unspecified atom stereocenters. The van der Waals surface area contributed by atoms with Gasteiger partial charge >= 0.3 is 6.09 Å². The molecule has 2 atom stereocenters. The van der Waals surface area contributed by atoms with Crippen molar-refractivity contribution in [3.63, 3.8) is 0 Å². The van der Waals surface area contributed by atoms with Crippen molar-refractivity contribution in [3.05, 3.63) is 0 Å². The Labute approximate surface area is 96.6 Å². The smallest absolute Gasteiger partial charge is 0.407 e. The molecule has 0 radical (unpaired) electrons. The molecule has 0 saturated heterocycles. The lowest BCUT2D eigenvalue weighted by molar-refractivity contribution is 0.0582. The summed E-state index contributed by atoms with van der Waals surface area (Å²) >= 11 is 0. The molecule has 1 fully saturated rings. The van der Waals surface area contributed by atoms with E-state index in [-0.39, 0.29) is 17.5 Å². The van der Waals surface area contributed by atoms with Crippen LogP contribution in [0, 0.1) is 5.92 Å². The number of amides is 1. The first kappa shape index (κ1) is 13.3. The van der Waals surface area contributed by atoms with Crippen LogP contribution in [0.5, 0.6) is 0 Å². The minimum atomic E-state index is -0.744. The molecule has 0 heterocycles. The predicted molar refractivity (Wildman–Crippen MR) is 60.9 cm³/mol. The Kier molecular flexibility index (Phi) is 4.15. The molecule has 3 N–H and O–H groups in total. The lowest BCUT2D eigenvalue weighted by Crippen LogP contribution is -2.55. The average Bonchev–Trinajstić information content (AvgIpc) is 2.91. The van der Waals surface area contributed by atoms with Crippen LogP contribution in [0.2, 0.25) is 0 Å². The Morgan fingerprint density at radius 1 is 1.44 bits per heavy atom. The first-order valence-electron chi connectivity index (χ1n) is 5.68. The fraction of sp³-hybridized carbons (Fsp3) is 0.909. The van der Waals surface area contributed by atoms with Gasteiger partial charge < -0.3 is 15.2 Å². The molecule has 1 saturated carbocycles. The zero-order valence-electron chi connectivity index (χ0n) is 10.4.